The third kappa shape index (κ3) is 4.73. The number of rotatable bonds is 6. The molecule has 8 nitrogen and oxygen atoms in total. The van der Waals surface area contributed by atoms with Crippen LogP contribution in [0.2, 0.25) is 0 Å². The first-order valence-electron chi connectivity index (χ1n) is 9.72. The molecule has 2 N–H and O–H groups in total. The maximum atomic E-state index is 12.4. The summed E-state index contributed by atoms with van der Waals surface area (Å²) in [5.74, 6) is -0.00783. The molecule has 0 fully saturated rings. The topological polar surface area (TPSA) is 110 Å². The zero-order valence-corrected chi connectivity index (χ0v) is 18.6. The molecule has 1 amide bonds. The molecule has 3 aromatic carbocycles. The van der Waals surface area contributed by atoms with Crippen LogP contribution in [-0.2, 0) is 4.79 Å². The van der Waals surface area contributed by atoms with Gasteiger partial charge in [-0.2, -0.15) is 0 Å². The van der Waals surface area contributed by atoms with Crippen molar-refractivity contribution in [3.05, 3.63) is 86.9 Å². The van der Waals surface area contributed by atoms with Crippen molar-refractivity contribution in [2.45, 2.75) is 6.92 Å². The Labute approximate surface area is 192 Å². The quantitative estimate of drug-likeness (QED) is 0.278. The lowest BCUT2D eigenvalue weighted by molar-refractivity contribution is -0.384. The maximum Gasteiger partial charge on any atom is 0.270 e. The Hall–Kier alpha value is -3.85. The minimum atomic E-state index is -0.499. The van der Waals surface area contributed by atoms with Gasteiger partial charge in [-0.05, 0) is 41.1 Å². The van der Waals surface area contributed by atoms with Crippen LogP contribution in [0.5, 0.6) is 0 Å². The first-order chi connectivity index (χ1) is 15.4. The van der Waals surface area contributed by atoms with E-state index in [0.717, 1.165) is 27.7 Å². The number of non-ortho nitro benzene ring substituents is 1. The largest absolute Gasteiger partial charge is 0.345 e. The summed E-state index contributed by atoms with van der Waals surface area (Å²) in [5, 5.41) is 17.5. The van der Waals surface area contributed by atoms with E-state index in [1.807, 2.05) is 55.5 Å². The Morgan fingerprint density at radius 2 is 1.84 bits per heavy atom. The van der Waals surface area contributed by atoms with Crippen molar-refractivity contribution in [3.63, 3.8) is 0 Å². The van der Waals surface area contributed by atoms with E-state index >= 15 is 0 Å². The number of anilines is 2. The molecular formula is C23H18BrN5O3. The Kier molecular flexibility index (Phi) is 6.09. The minimum absolute atomic E-state index is 0.0683. The van der Waals surface area contributed by atoms with Crippen molar-refractivity contribution in [1.82, 2.24) is 9.97 Å². The van der Waals surface area contributed by atoms with Crippen molar-refractivity contribution >= 4 is 50.1 Å². The number of halogens is 1. The van der Waals surface area contributed by atoms with Gasteiger partial charge < -0.3 is 10.6 Å². The van der Waals surface area contributed by atoms with Crippen molar-refractivity contribution in [2.24, 2.45) is 0 Å². The van der Waals surface area contributed by atoms with Gasteiger partial charge in [0, 0.05) is 27.6 Å². The number of nitrogens with one attached hydrogen (secondary N) is 2. The number of aryl methyl sites for hydroxylation is 1. The molecule has 0 atom stereocenters. The van der Waals surface area contributed by atoms with Crippen LogP contribution >= 0.6 is 15.9 Å². The van der Waals surface area contributed by atoms with Gasteiger partial charge in [0.2, 0.25) is 11.9 Å². The van der Waals surface area contributed by atoms with E-state index in [1.54, 1.807) is 0 Å². The summed E-state index contributed by atoms with van der Waals surface area (Å²) < 4.78 is 0.420. The Morgan fingerprint density at radius 1 is 1.06 bits per heavy atom. The number of nitro groups is 1. The standard InChI is InChI=1S/C23H18BrN5O3/c1-14-7-9-19-17(11-14)22(15-5-3-2-4-6-15)28-23(27-19)25-13-21(30)26-20-10-8-16(29(31)32)12-18(20)24/h2-12H,13H2,1H3,(H,26,30)(H,25,27,28). The third-order valence-electron chi connectivity index (χ3n) is 4.74. The van der Waals surface area contributed by atoms with Crippen molar-refractivity contribution in [1.29, 1.82) is 0 Å². The van der Waals surface area contributed by atoms with Gasteiger partial charge in [-0.1, -0.05) is 42.0 Å². The van der Waals surface area contributed by atoms with Crippen LogP contribution in [0.25, 0.3) is 22.2 Å². The monoisotopic (exact) mass is 491 g/mol. The SMILES string of the molecule is Cc1ccc2nc(NCC(=O)Nc3ccc([N+](=O)[O-])cc3Br)nc(-c3ccccc3)c2c1. The van der Waals surface area contributed by atoms with Gasteiger partial charge in [-0.3, -0.25) is 14.9 Å². The van der Waals surface area contributed by atoms with E-state index in [4.69, 9.17) is 0 Å². The van der Waals surface area contributed by atoms with Gasteiger partial charge in [-0.15, -0.1) is 0 Å². The molecule has 0 aliphatic heterocycles. The summed E-state index contributed by atoms with van der Waals surface area (Å²) in [4.78, 5) is 32.0. The molecule has 0 aliphatic rings. The highest BCUT2D eigenvalue weighted by Crippen LogP contribution is 2.29. The molecule has 0 radical (unpaired) electrons. The second kappa shape index (κ2) is 9.11. The number of aromatic nitrogens is 2. The smallest absolute Gasteiger partial charge is 0.270 e. The molecule has 1 heterocycles. The highest BCUT2D eigenvalue weighted by molar-refractivity contribution is 9.10. The number of fused-ring (bicyclic) bond motifs is 1. The second-order valence-corrected chi connectivity index (χ2v) is 7.96. The number of hydrogen-bond donors (Lipinski definition) is 2. The lowest BCUT2D eigenvalue weighted by Gasteiger charge is -2.12. The van der Waals surface area contributed by atoms with Gasteiger partial charge in [0.1, 0.15) is 0 Å². The molecule has 0 bridgehead atoms. The van der Waals surface area contributed by atoms with E-state index < -0.39 is 4.92 Å². The van der Waals surface area contributed by atoms with E-state index in [1.165, 1.54) is 18.2 Å². The predicted octanol–water partition coefficient (Wildman–Crippen LogP) is 5.33. The lowest BCUT2D eigenvalue weighted by Crippen LogP contribution is -2.23. The summed E-state index contributed by atoms with van der Waals surface area (Å²) in [6, 6.07) is 19.9. The molecular weight excluding hydrogens is 474 g/mol. The number of benzene rings is 3. The molecule has 4 aromatic rings. The number of hydrogen-bond acceptors (Lipinski definition) is 6. The van der Waals surface area contributed by atoms with Crippen LogP contribution in [-0.4, -0.2) is 27.3 Å². The summed E-state index contributed by atoms with van der Waals surface area (Å²) in [5.41, 5.74) is 3.97. The maximum absolute atomic E-state index is 12.4. The molecule has 0 unspecified atom stereocenters. The number of amides is 1. The Bertz CT molecular complexity index is 1330. The molecule has 0 saturated carbocycles. The average molecular weight is 492 g/mol. The normalized spacial score (nSPS) is 10.7. The predicted molar refractivity (Wildman–Crippen MR) is 128 cm³/mol. The summed E-state index contributed by atoms with van der Waals surface area (Å²) >= 11 is 3.24. The van der Waals surface area contributed by atoms with Gasteiger partial charge in [0.15, 0.2) is 0 Å². The van der Waals surface area contributed by atoms with Gasteiger partial charge in [-0.25, -0.2) is 9.97 Å². The molecule has 32 heavy (non-hydrogen) atoms. The minimum Gasteiger partial charge on any atom is -0.345 e. The summed E-state index contributed by atoms with van der Waals surface area (Å²) in [6.45, 7) is 1.94. The van der Waals surface area contributed by atoms with Crippen LogP contribution in [0, 0.1) is 17.0 Å². The van der Waals surface area contributed by atoms with E-state index in [-0.39, 0.29) is 18.1 Å². The average Bonchev–Trinajstić information content (AvgIpc) is 2.79. The third-order valence-corrected chi connectivity index (χ3v) is 5.40. The van der Waals surface area contributed by atoms with Crippen LogP contribution in [0.3, 0.4) is 0 Å². The zero-order valence-electron chi connectivity index (χ0n) is 17.0. The lowest BCUT2D eigenvalue weighted by atomic mass is 10.0. The Balaban J connectivity index is 1.55. The first-order valence-corrected chi connectivity index (χ1v) is 10.5. The molecule has 1 aromatic heterocycles. The highest BCUT2D eigenvalue weighted by atomic mass is 79.9. The van der Waals surface area contributed by atoms with E-state index in [0.29, 0.717) is 16.1 Å². The van der Waals surface area contributed by atoms with Crippen LogP contribution in [0.15, 0.2) is 71.2 Å². The van der Waals surface area contributed by atoms with Gasteiger partial charge in [0.05, 0.1) is 28.4 Å². The molecule has 9 heteroatoms. The van der Waals surface area contributed by atoms with Crippen LogP contribution in [0.1, 0.15) is 5.56 Å². The van der Waals surface area contributed by atoms with E-state index in [2.05, 4.69) is 36.5 Å². The highest BCUT2D eigenvalue weighted by Gasteiger charge is 2.13. The van der Waals surface area contributed by atoms with Crippen molar-refractivity contribution in [2.75, 3.05) is 17.2 Å². The molecule has 4 rings (SSSR count). The van der Waals surface area contributed by atoms with Gasteiger partial charge in [0.25, 0.3) is 5.69 Å². The Morgan fingerprint density at radius 3 is 2.56 bits per heavy atom. The number of carbonyl (C=O) groups excluding carboxylic acids is 1. The fourth-order valence-corrected chi connectivity index (χ4v) is 3.68. The molecule has 160 valence electrons. The van der Waals surface area contributed by atoms with Crippen molar-refractivity contribution in [3.8, 4) is 11.3 Å². The number of carbonyl (C=O) groups is 1. The first kappa shape index (κ1) is 21.4. The zero-order chi connectivity index (χ0) is 22.7. The fraction of sp³-hybridized carbons (Fsp3) is 0.0870. The summed E-state index contributed by atoms with van der Waals surface area (Å²) in [7, 11) is 0. The summed E-state index contributed by atoms with van der Waals surface area (Å²) in [6.07, 6.45) is 0. The number of nitro benzene ring substituents is 1. The van der Waals surface area contributed by atoms with Crippen LogP contribution in [0.4, 0.5) is 17.3 Å². The fourth-order valence-electron chi connectivity index (χ4n) is 3.21. The van der Waals surface area contributed by atoms with Crippen molar-refractivity contribution < 1.29 is 9.72 Å². The molecule has 0 saturated heterocycles. The molecule has 0 aliphatic carbocycles. The van der Waals surface area contributed by atoms with Crippen LogP contribution < -0.4 is 10.6 Å². The second-order valence-electron chi connectivity index (χ2n) is 7.11. The molecule has 0 spiro atoms. The van der Waals surface area contributed by atoms with Gasteiger partial charge >= 0.3 is 0 Å². The van der Waals surface area contributed by atoms with E-state index in [9.17, 15) is 14.9 Å². The number of nitrogens with zero attached hydrogens (tertiary/aromatic N) is 3.